The molecular weight excluding hydrogens is 644 g/mol. The van der Waals surface area contributed by atoms with Crippen molar-refractivity contribution in [1.82, 2.24) is 0 Å². The zero-order valence-corrected chi connectivity index (χ0v) is 25.4. The third-order valence-electron chi connectivity index (χ3n) is 7.67. The maximum Gasteiger partial charge on any atom is 0.303 e. The predicted octanol–water partition coefficient (Wildman–Crippen LogP) is -1.34. The Bertz CT molecular complexity index is 1670. The molecule has 5 rings (SSSR count). The van der Waals surface area contributed by atoms with Crippen LogP contribution in [0, 0.1) is 0 Å². The van der Waals surface area contributed by atoms with Crippen molar-refractivity contribution in [3.05, 3.63) is 52.7 Å². The number of phenols is 1. The van der Waals surface area contributed by atoms with Gasteiger partial charge in [-0.2, -0.15) is 0 Å². The molecule has 260 valence electrons. The van der Waals surface area contributed by atoms with Crippen LogP contribution >= 0.6 is 0 Å². The van der Waals surface area contributed by atoms with E-state index in [0.717, 1.165) is 26.0 Å². The average Bonchev–Trinajstić information content (AvgIpc) is 3.03. The first-order chi connectivity index (χ1) is 22.8. The number of aliphatic hydroxyl groups excluding tert-OH is 6. The van der Waals surface area contributed by atoms with E-state index < -0.39 is 97.7 Å². The van der Waals surface area contributed by atoms with Gasteiger partial charge in [-0.1, -0.05) is 0 Å². The Morgan fingerprint density at radius 1 is 0.771 bits per heavy atom. The molecule has 17 nitrogen and oxygen atoms in total. The van der Waals surface area contributed by atoms with E-state index in [-0.39, 0.29) is 28.2 Å². The Labute approximate surface area is 271 Å². The van der Waals surface area contributed by atoms with Crippen LogP contribution in [0.4, 0.5) is 0 Å². The van der Waals surface area contributed by atoms with Gasteiger partial charge in [0.05, 0.1) is 6.61 Å². The second kappa shape index (κ2) is 14.4. The summed E-state index contributed by atoms with van der Waals surface area (Å²) in [6.07, 6.45) is -15.1. The third kappa shape index (κ3) is 7.38. The van der Waals surface area contributed by atoms with Crippen LogP contribution in [0.25, 0.3) is 22.3 Å². The normalized spacial score (nSPS) is 30.4. The number of ether oxygens (including phenoxy) is 6. The largest absolute Gasteiger partial charge is 0.507 e. The molecule has 0 amide bonds. The highest BCUT2D eigenvalue weighted by Gasteiger charge is 2.48. The van der Waals surface area contributed by atoms with Crippen LogP contribution < -0.4 is 14.9 Å². The maximum absolute atomic E-state index is 13.0. The third-order valence-corrected chi connectivity index (χ3v) is 7.67. The van der Waals surface area contributed by atoms with Crippen LogP contribution in [0.3, 0.4) is 0 Å². The standard InChI is InChI=1S/C31H34O17/c1-12(33)42-11-22-29(43-13(2)34)26(39)28(41)31(48-22)45-16-7-17(35)23-18(36)9-19(46-20(23)8-16)14-3-5-15(6-4-14)44-30-27(40)25(38)24(37)21(10-32)47-30/h3-9,21-22,24-32,35,37-41H,10-11H2,1-2H3/t21-,22-,24-,25-,26+,27-,28-,29-,30-,31-/m1/s1. The van der Waals surface area contributed by atoms with E-state index in [2.05, 4.69) is 0 Å². The zero-order valence-electron chi connectivity index (χ0n) is 25.4. The molecule has 0 bridgehead atoms. The summed E-state index contributed by atoms with van der Waals surface area (Å²) < 4.78 is 38.2. The van der Waals surface area contributed by atoms with E-state index in [4.69, 9.17) is 32.8 Å². The molecule has 0 unspecified atom stereocenters. The molecule has 10 atom stereocenters. The topological polar surface area (TPSA) is 261 Å². The second-order valence-corrected chi connectivity index (χ2v) is 11.1. The fourth-order valence-electron chi connectivity index (χ4n) is 5.26. The van der Waals surface area contributed by atoms with Crippen LogP contribution in [0.5, 0.6) is 17.2 Å². The minimum Gasteiger partial charge on any atom is -0.507 e. The van der Waals surface area contributed by atoms with Crippen molar-refractivity contribution < 1.29 is 78.2 Å². The number of hydrogen-bond acceptors (Lipinski definition) is 17. The number of carbonyl (C=O) groups excluding carboxylic acids is 2. The van der Waals surface area contributed by atoms with E-state index in [1.165, 1.54) is 30.3 Å². The summed E-state index contributed by atoms with van der Waals surface area (Å²) in [7, 11) is 0. The van der Waals surface area contributed by atoms with Gasteiger partial charge in [0.25, 0.3) is 0 Å². The highest BCUT2D eigenvalue weighted by molar-refractivity contribution is 5.86. The van der Waals surface area contributed by atoms with Gasteiger partial charge in [-0.05, 0) is 24.3 Å². The van der Waals surface area contributed by atoms with Crippen molar-refractivity contribution in [2.45, 2.75) is 75.3 Å². The molecule has 2 aliphatic rings. The molecule has 0 aliphatic carbocycles. The van der Waals surface area contributed by atoms with Crippen molar-refractivity contribution in [3.8, 4) is 28.6 Å². The number of phenolic OH excluding ortho intramolecular Hbond substituents is 1. The second-order valence-electron chi connectivity index (χ2n) is 11.1. The van der Waals surface area contributed by atoms with Gasteiger partial charge in [-0.25, -0.2) is 0 Å². The minimum absolute atomic E-state index is 0.0542. The van der Waals surface area contributed by atoms with Crippen LogP contribution in [0.2, 0.25) is 0 Å². The Morgan fingerprint density at radius 2 is 1.40 bits per heavy atom. The van der Waals surface area contributed by atoms with Gasteiger partial charge in [0, 0.05) is 37.6 Å². The number of rotatable bonds is 9. The first-order valence-electron chi connectivity index (χ1n) is 14.6. The lowest BCUT2D eigenvalue weighted by Gasteiger charge is -2.41. The van der Waals surface area contributed by atoms with Crippen LogP contribution in [-0.4, -0.2) is 122 Å². The van der Waals surface area contributed by atoms with Gasteiger partial charge >= 0.3 is 11.9 Å². The van der Waals surface area contributed by atoms with Gasteiger partial charge in [-0.15, -0.1) is 0 Å². The number of aliphatic hydroxyl groups is 6. The van der Waals surface area contributed by atoms with E-state index >= 15 is 0 Å². The van der Waals surface area contributed by atoms with E-state index in [1.807, 2.05) is 0 Å². The Morgan fingerprint density at radius 3 is 2.02 bits per heavy atom. The molecule has 0 spiro atoms. The summed E-state index contributed by atoms with van der Waals surface area (Å²) in [5, 5.41) is 71.4. The smallest absolute Gasteiger partial charge is 0.303 e. The molecular formula is C31H34O17. The lowest BCUT2D eigenvalue weighted by Crippen LogP contribution is -2.61. The zero-order chi connectivity index (χ0) is 34.9. The molecule has 0 radical (unpaired) electrons. The molecule has 3 heterocycles. The molecule has 2 fully saturated rings. The molecule has 17 heteroatoms. The molecule has 3 aromatic rings. The monoisotopic (exact) mass is 678 g/mol. The molecule has 7 N–H and O–H groups in total. The van der Waals surface area contributed by atoms with Crippen LogP contribution in [0.1, 0.15) is 13.8 Å². The summed E-state index contributed by atoms with van der Waals surface area (Å²) in [4.78, 5) is 35.9. The van der Waals surface area contributed by atoms with Gasteiger partial charge in [0.15, 0.2) is 11.5 Å². The summed E-state index contributed by atoms with van der Waals surface area (Å²) in [5.41, 5.74) is -0.374. The van der Waals surface area contributed by atoms with Crippen LogP contribution in [0.15, 0.2) is 51.7 Å². The summed E-state index contributed by atoms with van der Waals surface area (Å²) >= 11 is 0. The van der Waals surface area contributed by atoms with Crippen molar-refractivity contribution in [1.29, 1.82) is 0 Å². The molecule has 1 aromatic heterocycles. The number of fused-ring (bicyclic) bond motifs is 1. The van der Waals surface area contributed by atoms with Gasteiger partial charge in [-0.3, -0.25) is 14.4 Å². The first kappa shape index (κ1) is 35.0. The van der Waals surface area contributed by atoms with E-state index in [9.17, 15) is 50.1 Å². The SMILES string of the molecule is CC(=O)OC[C@H]1O[C@@H](Oc2cc(O)c3c(=O)cc(-c4ccc(O[C@@H]5O[C@H](CO)[C@@H](O)[C@@H](O)[C@H]5O)cc4)oc3c2)[C@H](O)[C@H](O)[C@@H]1OC(C)=O. The fourth-order valence-corrected chi connectivity index (χ4v) is 5.26. The molecule has 2 saturated heterocycles. The molecule has 0 saturated carbocycles. The highest BCUT2D eigenvalue weighted by atomic mass is 16.7. The van der Waals surface area contributed by atoms with Crippen molar-refractivity contribution in [2.24, 2.45) is 0 Å². The lowest BCUT2D eigenvalue weighted by atomic mass is 9.99. The molecule has 2 aliphatic heterocycles. The first-order valence-corrected chi connectivity index (χ1v) is 14.6. The minimum atomic E-state index is -1.78. The fraction of sp³-hybridized carbons (Fsp3) is 0.452. The van der Waals surface area contributed by atoms with Gasteiger partial charge in [0.1, 0.15) is 83.3 Å². The molecule has 48 heavy (non-hydrogen) atoms. The number of carbonyl (C=O) groups is 2. The summed E-state index contributed by atoms with van der Waals surface area (Å²) in [6.45, 7) is 1.13. The summed E-state index contributed by atoms with van der Waals surface area (Å²) in [5.74, 6) is -1.94. The number of benzene rings is 2. The van der Waals surface area contributed by atoms with E-state index in [0.29, 0.717) is 5.56 Å². The quantitative estimate of drug-likeness (QED) is 0.129. The average molecular weight is 679 g/mol. The van der Waals surface area contributed by atoms with Gasteiger partial charge in [0.2, 0.25) is 12.6 Å². The Kier molecular flexibility index (Phi) is 10.5. The number of aromatic hydroxyl groups is 1. The Hall–Kier alpha value is -4.33. The number of esters is 2. The number of hydrogen-bond donors (Lipinski definition) is 7. The van der Waals surface area contributed by atoms with Gasteiger partial charge < -0.3 is 68.6 Å². The maximum atomic E-state index is 13.0. The molecule has 2 aromatic carbocycles. The van der Waals surface area contributed by atoms with Crippen molar-refractivity contribution >= 4 is 22.9 Å². The van der Waals surface area contributed by atoms with Crippen molar-refractivity contribution in [2.75, 3.05) is 13.2 Å². The van der Waals surface area contributed by atoms with Crippen LogP contribution in [-0.2, 0) is 28.5 Å². The Balaban J connectivity index is 1.36. The highest BCUT2D eigenvalue weighted by Crippen LogP contribution is 2.34. The predicted molar refractivity (Wildman–Crippen MR) is 157 cm³/mol. The van der Waals surface area contributed by atoms with Crippen molar-refractivity contribution in [3.63, 3.8) is 0 Å². The lowest BCUT2D eigenvalue weighted by molar-refractivity contribution is -0.282. The summed E-state index contributed by atoms with van der Waals surface area (Å²) in [6, 6.07) is 9.32. The van der Waals surface area contributed by atoms with E-state index in [1.54, 1.807) is 0 Å².